The molecule has 0 saturated heterocycles. The molecule has 3 nitrogen and oxygen atoms in total. The molecule has 2 rings (SSSR count). The molecular formula is C15H18Br2NO2+. The number of hydrogen-bond donors (Lipinski definition) is 0. The highest BCUT2D eigenvalue weighted by atomic mass is 79.9. The summed E-state index contributed by atoms with van der Waals surface area (Å²) in [6.45, 7) is 3.95. The molecule has 1 aromatic carbocycles. The first-order chi connectivity index (χ1) is 8.58. The van der Waals surface area contributed by atoms with Gasteiger partial charge in [0.2, 0.25) is 11.8 Å². The first-order valence-corrected chi connectivity index (χ1v) is 6.64. The van der Waals surface area contributed by atoms with Crippen molar-refractivity contribution in [1.82, 2.24) is 0 Å². The average molecular weight is 404 g/mol. The Labute approximate surface area is 137 Å². The lowest BCUT2D eigenvalue weighted by Crippen LogP contribution is -2.41. The fraction of sp³-hybridized carbons (Fsp3) is 0.200. The van der Waals surface area contributed by atoms with Crippen molar-refractivity contribution in [3.8, 4) is 0 Å². The van der Waals surface area contributed by atoms with Crippen LogP contribution in [-0.2, 0) is 0 Å². The van der Waals surface area contributed by atoms with E-state index >= 15 is 0 Å². The Hall–Kier alpha value is -1.04. The van der Waals surface area contributed by atoms with Gasteiger partial charge in [0.25, 0.3) is 0 Å². The number of hydrogen-bond acceptors (Lipinski definition) is 1. The van der Waals surface area contributed by atoms with Crippen molar-refractivity contribution >= 4 is 38.7 Å². The van der Waals surface area contributed by atoms with Crippen LogP contribution in [-0.4, -0.2) is 11.3 Å². The molecule has 0 aliphatic carbocycles. The van der Waals surface area contributed by atoms with Gasteiger partial charge in [-0.25, -0.2) is 0 Å². The number of carbonyl (C=O) groups is 1. The average Bonchev–Trinajstić information content (AvgIpc) is 2.39. The van der Waals surface area contributed by atoms with Gasteiger partial charge < -0.3 is 5.48 Å². The zero-order valence-corrected chi connectivity index (χ0v) is 14.6. The molecule has 1 aromatic heterocycles. The number of rotatable bonds is 3. The van der Waals surface area contributed by atoms with Crippen molar-refractivity contribution in [2.24, 2.45) is 0 Å². The minimum Gasteiger partial charge on any atom is -0.412 e. The molecule has 0 bridgehead atoms. The molecule has 20 heavy (non-hydrogen) atoms. The summed E-state index contributed by atoms with van der Waals surface area (Å²) in [5, 5.41) is 0. The Morgan fingerprint density at radius 1 is 1.10 bits per heavy atom. The molecule has 2 aromatic rings. The number of Topliss-reactive ketones (excluding diaryl/α,β-unsaturated/α-hetero) is 1. The number of carbonyl (C=O) groups excluding carboxylic acids is 1. The van der Waals surface area contributed by atoms with Gasteiger partial charge in [0, 0.05) is 29.1 Å². The molecule has 0 radical (unpaired) electrons. The number of ketones is 1. The molecule has 0 aliphatic rings. The SMILES string of the molecule is Br.Cc1cc[n+](C(C)C(=O)c2ccc(Br)cc2)cc1.O. The number of benzene rings is 1. The van der Waals surface area contributed by atoms with Crippen LogP contribution in [0.4, 0.5) is 0 Å². The number of pyridine rings is 1. The quantitative estimate of drug-likeness (QED) is 0.573. The standard InChI is InChI=1S/C15H15BrNO.BrH.H2O/c1-11-7-9-17(10-8-11)12(2)15(18)13-3-5-14(16)6-4-13;;/h3-10,12H,1-2H3;1H;1H2/q+1;;. The maximum Gasteiger partial charge on any atom is 0.230 e. The zero-order chi connectivity index (χ0) is 13.1. The van der Waals surface area contributed by atoms with Crippen LogP contribution >= 0.6 is 32.9 Å². The maximum absolute atomic E-state index is 12.3. The molecular weight excluding hydrogens is 386 g/mol. The van der Waals surface area contributed by atoms with E-state index in [1.165, 1.54) is 5.56 Å². The Balaban J connectivity index is 0.00000180. The topological polar surface area (TPSA) is 52.5 Å². The highest BCUT2D eigenvalue weighted by molar-refractivity contribution is 9.10. The van der Waals surface area contributed by atoms with E-state index < -0.39 is 0 Å². The van der Waals surface area contributed by atoms with Crippen LogP contribution in [0.5, 0.6) is 0 Å². The molecule has 1 heterocycles. The summed E-state index contributed by atoms with van der Waals surface area (Å²) in [4.78, 5) is 12.3. The van der Waals surface area contributed by atoms with Gasteiger partial charge in [-0.15, -0.1) is 17.0 Å². The van der Waals surface area contributed by atoms with Gasteiger partial charge in [-0.3, -0.25) is 4.79 Å². The zero-order valence-electron chi connectivity index (χ0n) is 11.3. The van der Waals surface area contributed by atoms with Crippen LogP contribution in [0.15, 0.2) is 53.3 Å². The van der Waals surface area contributed by atoms with E-state index in [1.54, 1.807) is 0 Å². The summed E-state index contributed by atoms with van der Waals surface area (Å²) < 4.78 is 2.91. The number of aryl methyl sites for hydroxylation is 1. The normalized spacial score (nSPS) is 10.9. The summed E-state index contributed by atoms with van der Waals surface area (Å²) in [6, 6.07) is 11.3. The first-order valence-electron chi connectivity index (χ1n) is 5.85. The highest BCUT2D eigenvalue weighted by Gasteiger charge is 2.22. The van der Waals surface area contributed by atoms with Crippen LogP contribution < -0.4 is 4.57 Å². The number of nitrogens with zero attached hydrogens (tertiary/aromatic N) is 1. The second-order valence-electron chi connectivity index (χ2n) is 4.37. The molecule has 0 amide bonds. The monoisotopic (exact) mass is 402 g/mol. The molecule has 0 fully saturated rings. The third-order valence-electron chi connectivity index (χ3n) is 2.97. The van der Waals surface area contributed by atoms with Gasteiger partial charge in [0.05, 0.1) is 0 Å². The van der Waals surface area contributed by atoms with Crippen molar-refractivity contribution < 1.29 is 14.8 Å². The van der Waals surface area contributed by atoms with E-state index in [2.05, 4.69) is 15.9 Å². The summed E-state index contributed by atoms with van der Waals surface area (Å²) in [5.74, 6) is 0.122. The van der Waals surface area contributed by atoms with Crippen LogP contribution in [0.3, 0.4) is 0 Å². The van der Waals surface area contributed by atoms with Gasteiger partial charge in [-0.05, 0) is 24.6 Å². The van der Waals surface area contributed by atoms with E-state index in [4.69, 9.17) is 0 Å². The minimum absolute atomic E-state index is 0. The molecule has 0 spiro atoms. The number of aromatic nitrogens is 1. The Kier molecular flexibility index (Phi) is 7.86. The summed E-state index contributed by atoms with van der Waals surface area (Å²) in [6.07, 6.45) is 3.88. The van der Waals surface area contributed by atoms with Crippen LogP contribution in [0.2, 0.25) is 0 Å². The van der Waals surface area contributed by atoms with Crippen LogP contribution in [0.1, 0.15) is 28.9 Å². The maximum atomic E-state index is 12.3. The van der Waals surface area contributed by atoms with Crippen molar-refractivity contribution in [3.63, 3.8) is 0 Å². The van der Waals surface area contributed by atoms with Gasteiger partial charge in [-0.1, -0.05) is 28.1 Å². The molecule has 1 unspecified atom stereocenters. The fourth-order valence-electron chi connectivity index (χ4n) is 1.76. The molecule has 2 N–H and O–H groups in total. The first kappa shape index (κ1) is 19.0. The predicted octanol–water partition coefficient (Wildman–Crippen LogP) is 3.24. The molecule has 108 valence electrons. The van der Waals surface area contributed by atoms with Crippen molar-refractivity contribution in [2.75, 3.05) is 0 Å². The minimum atomic E-state index is -0.188. The van der Waals surface area contributed by atoms with Crippen LogP contribution in [0.25, 0.3) is 0 Å². The Bertz CT molecular complexity index is 553. The molecule has 0 saturated carbocycles. The smallest absolute Gasteiger partial charge is 0.230 e. The van der Waals surface area contributed by atoms with Gasteiger partial charge >= 0.3 is 0 Å². The lowest BCUT2D eigenvalue weighted by molar-refractivity contribution is -0.704. The molecule has 5 heteroatoms. The summed E-state index contributed by atoms with van der Waals surface area (Å²) in [7, 11) is 0. The van der Waals surface area contributed by atoms with E-state index in [9.17, 15) is 4.79 Å². The lowest BCUT2D eigenvalue weighted by atomic mass is 10.1. The van der Waals surface area contributed by atoms with Crippen molar-refractivity contribution in [1.29, 1.82) is 0 Å². The van der Waals surface area contributed by atoms with Gasteiger partial charge in [-0.2, -0.15) is 4.57 Å². The van der Waals surface area contributed by atoms with Crippen molar-refractivity contribution in [2.45, 2.75) is 19.9 Å². The third-order valence-corrected chi connectivity index (χ3v) is 3.50. The molecule has 1 atom stereocenters. The predicted molar refractivity (Wildman–Crippen MR) is 88.5 cm³/mol. The number of halogens is 2. The highest BCUT2D eigenvalue weighted by Crippen LogP contribution is 2.14. The van der Waals surface area contributed by atoms with E-state index in [0.29, 0.717) is 0 Å². The van der Waals surface area contributed by atoms with E-state index in [-0.39, 0.29) is 34.3 Å². The Morgan fingerprint density at radius 2 is 1.60 bits per heavy atom. The van der Waals surface area contributed by atoms with E-state index in [1.807, 2.05) is 67.2 Å². The van der Waals surface area contributed by atoms with Crippen molar-refractivity contribution in [3.05, 3.63) is 64.4 Å². The van der Waals surface area contributed by atoms with Crippen LogP contribution in [0, 0.1) is 6.92 Å². The molecule has 0 aliphatic heterocycles. The second-order valence-corrected chi connectivity index (χ2v) is 5.29. The largest absolute Gasteiger partial charge is 0.412 e. The van der Waals surface area contributed by atoms with E-state index in [0.717, 1.165) is 10.0 Å². The summed E-state index contributed by atoms with van der Waals surface area (Å²) >= 11 is 3.37. The second kappa shape index (κ2) is 8.29. The lowest BCUT2D eigenvalue weighted by Gasteiger charge is -2.06. The summed E-state index contributed by atoms with van der Waals surface area (Å²) in [5.41, 5.74) is 1.92. The van der Waals surface area contributed by atoms with Gasteiger partial charge in [0.1, 0.15) is 0 Å². The fourth-order valence-corrected chi connectivity index (χ4v) is 2.03. The third kappa shape index (κ3) is 4.51. The van der Waals surface area contributed by atoms with Gasteiger partial charge in [0.15, 0.2) is 12.4 Å². The Morgan fingerprint density at radius 3 is 2.10 bits per heavy atom.